The molecule has 1 amide bonds. The fourth-order valence-electron chi connectivity index (χ4n) is 2.48. The molecule has 0 radical (unpaired) electrons. The van der Waals surface area contributed by atoms with Crippen LogP contribution >= 0.6 is 0 Å². The summed E-state index contributed by atoms with van der Waals surface area (Å²) >= 11 is 0. The summed E-state index contributed by atoms with van der Waals surface area (Å²) in [5.74, 6) is 0.952. The van der Waals surface area contributed by atoms with Crippen molar-refractivity contribution in [1.29, 1.82) is 0 Å². The third kappa shape index (κ3) is 6.42. The second-order valence-electron chi connectivity index (χ2n) is 5.97. The highest BCUT2D eigenvalue weighted by molar-refractivity contribution is 5.81. The minimum Gasteiger partial charge on any atom is -0.368 e. The van der Waals surface area contributed by atoms with Crippen LogP contribution in [0.15, 0.2) is 0 Å². The Hall–Kier alpha value is -0.570. The number of hydrogen-bond donors (Lipinski definition) is 1. The highest BCUT2D eigenvalue weighted by atomic mass is 16.5. The van der Waals surface area contributed by atoms with Crippen molar-refractivity contribution >= 4 is 5.91 Å². The molecule has 0 aromatic rings. The Kier molecular flexibility index (Phi) is 8.11. The molecule has 1 saturated heterocycles. The molecule has 19 heavy (non-hydrogen) atoms. The van der Waals surface area contributed by atoms with Crippen LogP contribution < -0.4 is 5.32 Å². The van der Waals surface area contributed by atoms with E-state index < -0.39 is 0 Å². The van der Waals surface area contributed by atoms with E-state index in [1.165, 1.54) is 25.7 Å². The van der Waals surface area contributed by atoms with Gasteiger partial charge in [-0.05, 0) is 44.4 Å². The largest absolute Gasteiger partial charge is 0.368 e. The van der Waals surface area contributed by atoms with Gasteiger partial charge in [0.15, 0.2) is 0 Å². The molecule has 112 valence electrons. The van der Waals surface area contributed by atoms with Gasteiger partial charge in [0.05, 0.1) is 0 Å². The topological polar surface area (TPSA) is 38.3 Å². The van der Waals surface area contributed by atoms with Crippen molar-refractivity contribution < 1.29 is 9.53 Å². The van der Waals surface area contributed by atoms with Gasteiger partial charge >= 0.3 is 0 Å². The van der Waals surface area contributed by atoms with Gasteiger partial charge in [-0.25, -0.2) is 0 Å². The molecular weight excluding hydrogens is 238 g/mol. The molecule has 0 unspecified atom stereocenters. The van der Waals surface area contributed by atoms with Crippen LogP contribution in [0.25, 0.3) is 0 Å². The Morgan fingerprint density at radius 3 is 2.21 bits per heavy atom. The number of carbonyl (C=O) groups is 1. The maximum absolute atomic E-state index is 11.8. The molecule has 3 heteroatoms. The van der Waals surface area contributed by atoms with E-state index in [1.807, 2.05) is 0 Å². The monoisotopic (exact) mass is 269 g/mol. The molecule has 1 N–H and O–H groups in total. The molecular formula is C16H31NO2. The third-order valence-corrected chi connectivity index (χ3v) is 4.08. The molecule has 1 atom stereocenters. The van der Waals surface area contributed by atoms with E-state index in [1.54, 1.807) is 0 Å². The minimum absolute atomic E-state index is 0.118. The van der Waals surface area contributed by atoms with Crippen LogP contribution in [0.2, 0.25) is 0 Å². The zero-order chi connectivity index (χ0) is 14.1. The zero-order valence-electron chi connectivity index (χ0n) is 12.9. The summed E-state index contributed by atoms with van der Waals surface area (Å²) in [5, 5.41) is 3.12. The van der Waals surface area contributed by atoms with E-state index in [2.05, 4.69) is 26.1 Å². The van der Waals surface area contributed by atoms with E-state index in [-0.39, 0.29) is 12.0 Å². The number of rotatable bonds is 3. The smallest absolute Gasteiger partial charge is 0.249 e. The van der Waals surface area contributed by atoms with Crippen molar-refractivity contribution in [1.82, 2.24) is 5.32 Å². The van der Waals surface area contributed by atoms with Gasteiger partial charge < -0.3 is 10.1 Å². The normalized spacial score (nSPS) is 30.4. The fraction of sp³-hybridized carbons (Fsp3) is 0.938. The molecule has 1 saturated carbocycles. The molecule has 0 spiro atoms. The summed E-state index contributed by atoms with van der Waals surface area (Å²) in [6, 6.07) is 0.401. The number of amides is 1. The number of hydrogen-bond acceptors (Lipinski definition) is 2. The molecule has 1 aliphatic carbocycles. The number of unbranched alkanes of at least 4 members (excludes halogenated alkanes) is 1. The summed E-state index contributed by atoms with van der Waals surface area (Å²) in [7, 11) is 0. The molecule has 2 aliphatic rings. The van der Waals surface area contributed by atoms with Crippen LogP contribution in [0, 0.1) is 5.92 Å². The van der Waals surface area contributed by atoms with Crippen molar-refractivity contribution in [2.45, 2.75) is 84.3 Å². The van der Waals surface area contributed by atoms with Gasteiger partial charge in [0.2, 0.25) is 5.91 Å². The summed E-state index contributed by atoms with van der Waals surface area (Å²) < 4.78 is 5.37. The minimum atomic E-state index is -0.163. The molecule has 0 bridgehead atoms. The average molecular weight is 269 g/mol. The van der Waals surface area contributed by atoms with Crippen LogP contribution in [-0.2, 0) is 9.53 Å². The molecule has 2 rings (SSSR count). The lowest BCUT2D eigenvalue weighted by Gasteiger charge is -2.27. The van der Waals surface area contributed by atoms with Crippen molar-refractivity contribution in [2.75, 3.05) is 6.61 Å². The molecule has 3 nitrogen and oxygen atoms in total. The van der Waals surface area contributed by atoms with E-state index in [0.29, 0.717) is 6.04 Å². The van der Waals surface area contributed by atoms with Crippen LogP contribution in [0.1, 0.15) is 72.1 Å². The van der Waals surface area contributed by atoms with Gasteiger partial charge in [-0.15, -0.1) is 0 Å². The molecule has 1 aliphatic heterocycles. The maximum Gasteiger partial charge on any atom is 0.249 e. The summed E-state index contributed by atoms with van der Waals surface area (Å²) in [5.41, 5.74) is 0. The first-order valence-corrected chi connectivity index (χ1v) is 8.09. The summed E-state index contributed by atoms with van der Waals surface area (Å²) in [6.45, 7) is 7.40. The molecule has 0 aromatic carbocycles. The third-order valence-electron chi connectivity index (χ3n) is 4.08. The van der Waals surface area contributed by atoms with E-state index >= 15 is 0 Å². The first kappa shape index (κ1) is 16.5. The van der Waals surface area contributed by atoms with Crippen molar-refractivity contribution in [3.63, 3.8) is 0 Å². The van der Waals surface area contributed by atoms with Crippen LogP contribution in [-0.4, -0.2) is 24.7 Å². The Morgan fingerprint density at radius 2 is 1.74 bits per heavy atom. The van der Waals surface area contributed by atoms with Gasteiger partial charge in [0.25, 0.3) is 0 Å². The average Bonchev–Trinajstić information content (AvgIpc) is 2.96. The van der Waals surface area contributed by atoms with Crippen molar-refractivity contribution in [2.24, 2.45) is 5.92 Å². The Bertz CT molecular complexity index is 239. The highest BCUT2D eigenvalue weighted by Crippen LogP contribution is 2.23. The molecule has 0 aromatic heterocycles. The second-order valence-corrected chi connectivity index (χ2v) is 5.97. The number of ether oxygens (including phenoxy) is 1. The predicted molar refractivity (Wildman–Crippen MR) is 79.1 cm³/mol. The maximum atomic E-state index is 11.8. The van der Waals surface area contributed by atoms with E-state index in [0.717, 1.165) is 38.2 Å². The van der Waals surface area contributed by atoms with Crippen LogP contribution in [0.4, 0.5) is 0 Å². The van der Waals surface area contributed by atoms with Gasteiger partial charge in [-0.3, -0.25) is 4.79 Å². The Morgan fingerprint density at radius 1 is 1.11 bits per heavy atom. The lowest BCUT2D eigenvalue weighted by molar-refractivity contribution is -0.131. The fourth-order valence-corrected chi connectivity index (χ4v) is 2.48. The van der Waals surface area contributed by atoms with Gasteiger partial charge in [-0.2, -0.15) is 0 Å². The molecule has 2 fully saturated rings. The van der Waals surface area contributed by atoms with Crippen LogP contribution in [0.5, 0.6) is 0 Å². The Labute approximate surface area is 118 Å². The van der Waals surface area contributed by atoms with E-state index in [9.17, 15) is 4.79 Å². The van der Waals surface area contributed by atoms with Crippen molar-refractivity contribution in [3.05, 3.63) is 0 Å². The predicted octanol–water partition coefficient (Wildman–Crippen LogP) is 3.67. The lowest BCUT2D eigenvalue weighted by Crippen LogP contribution is -2.42. The Balaban J connectivity index is 0.000000399. The first-order valence-electron chi connectivity index (χ1n) is 8.09. The second kappa shape index (κ2) is 9.35. The summed E-state index contributed by atoms with van der Waals surface area (Å²) in [6.07, 6.45) is 9.17. The SMILES string of the molecule is CC1CCC(NC(=O)[C@H]2CCCO2)CC1.CCCC. The van der Waals surface area contributed by atoms with Crippen LogP contribution in [0.3, 0.4) is 0 Å². The highest BCUT2D eigenvalue weighted by Gasteiger charge is 2.26. The van der Waals surface area contributed by atoms with Gasteiger partial charge in [0, 0.05) is 12.6 Å². The quantitative estimate of drug-likeness (QED) is 0.849. The standard InChI is InChI=1S/C12H21NO2.C4H10/c1-9-4-6-10(7-5-9)13-12(14)11-3-2-8-15-11;1-3-4-2/h9-11H,2-8H2,1H3,(H,13,14);3-4H2,1-2H3/t9?,10?,11-;/m1./s1. The lowest BCUT2D eigenvalue weighted by atomic mass is 9.87. The first-order chi connectivity index (χ1) is 9.17. The van der Waals surface area contributed by atoms with Crippen molar-refractivity contribution in [3.8, 4) is 0 Å². The zero-order valence-corrected chi connectivity index (χ0v) is 12.9. The van der Waals surface area contributed by atoms with Gasteiger partial charge in [-0.1, -0.05) is 33.6 Å². The van der Waals surface area contributed by atoms with E-state index in [4.69, 9.17) is 4.74 Å². The molecule has 1 heterocycles. The number of carbonyl (C=O) groups excluding carboxylic acids is 1. The number of nitrogens with one attached hydrogen (secondary N) is 1. The summed E-state index contributed by atoms with van der Waals surface area (Å²) in [4.78, 5) is 11.8. The van der Waals surface area contributed by atoms with Gasteiger partial charge in [0.1, 0.15) is 6.10 Å².